The number of hydrogen-bond donors (Lipinski definition) is 3. The van der Waals surface area contributed by atoms with Crippen LogP contribution < -0.4 is 10.6 Å². The minimum atomic E-state index is -0.350. The molecular weight excluding hydrogens is 266 g/mol. The first kappa shape index (κ1) is 13.1. The lowest BCUT2D eigenvalue weighted by molar-refractivity contribution is 0.262. The van der Waals surface area contributed by atoms with Gasteiger partial charge in [0.1, 0.15) is 5.52 Å². The van der Waals surface area contributed by atoms with E-state index in [0.717, 1.165) is 16.8 Å². The van der Waals surface area contributed by atoms with Gasteiger partial charge in [0.15, 0.2) is 5.82 Å². The Bertz CT molecular complexity index is 809. The lowest BCUT2D eigenvalue weighted by Gasteiger charge is -2.07. The number of H-pyrrole nitrogens is 1. The number of benzene rings is 1. The molecule has 21 heavy (non-hydrogen) atoms. The van der Waals surface area contributed by atoms with Crippen LogP contribution in [-0.2, 0) is 0 Å². The Morgan fingerprint density at radius 3 is 2.81 bits per heavy atom. The van der Waals surface area contributed by atoms with Gasteiger partial charge in [-0.1, -0.05) is 6.07 Å². The van der Waals surface area contributed by atoms with Crippen LogP contribution in [0.3, 0.4) is 0 Å². The van der Waals surface area contributed by atoms with Crippen molar-refractivity contribution in [2.24, 2.45) is 0 Å². The van der Waals surface area contributed by atoms with Crippen LogP contribution in [0.2, 0.25) is 0 Å². The fourth-order valence-electron chi connectivity index (χ4n) is 2.03. The summed E-state index contributed by atoms with van der Waals surface area (Å²) in [5, 5.41) is 12.3. The number of amides is 2. The predicted molar refractivity (Wildman–Crippen MR) is 82.4 cm³/mol. The van der Waals surface area contributed by atoms with E-state index < -0.39 is 0 Å². The van der Waals surface area contributed by atoms with E-state index in [2.05, 4.69) is 25.8 Å². The van der Waals surface area contributed by atoms with Crippen LogP contribution in [0.25, 0.3) is 11.0 Å². The molecule has 2 amide bonds. The van der Waals surface area contributed by atoms with Crippen LogP contribution in [0.15, 0.2) is 36.5 Å². The van der Waals surface area contributed by atoms with Gasteiger partial charge in [-0.2, -0.15) is 5.10 Å². The van der Waals surface area contributed by atoms with Crippen LogP contribution in [-0.4, -0.2) is 21.2 Å². The molecule has 0 fully saturated rings. The Morgan fingerprint density at radius 1 is 1.14 bits per heavy atom. The number of aryl methyl sites for hydroxylation is 2. The third kappa shape index (κ3) is 2.69. The third-order valence-electron chi connectivity index (χ3n) is 3.32. The van der Waals surface area contributed by atoms with Crippen molar-refractivity contribution in [3.8, 4) is 0 Å². The molecule has 0 unspecified atom stereocenters. The second-order valence-electron chi connectivity index (χ2n) is 4.85. The van der Waals surface area contributed by atoms with Crippen LogP contribution in [0.5, 0.6) is 0 Å². The van der Waals surface area contributed by atoms with Crippen molar-refractivity contribution in [3.63, 3.8) is 0 Å². The summed E-state index contributed by atoms with van der Waals surface area (Å²) in [5.41, 5.74) is 4.46. The maximum absolute atomic E-state index is 12.0. The first-order valence-corrected chi connectivity index (χ1v) is 6.58. The Labute approximate surface area is 121 Å². The molecule has 0 spiro atoms. The fourth-order valence-corrected chi connectivity index (χ4v) is 2.03. The molecule has 0 saturated carbocycles. The van der Waals surface area contributed by atoms with Crippen molar-refractivity contribution >= 4 is 28.6 Å². The minimum Gasteiger partial charge on any atom is -0.308 e. The number of anilines is 2. The first-order valence-electron chi connectivity index (χ1n) is 6.58. The van der Waals surface area contributed by atoms with Gasteiger partial charge in [0.2, 0.25) is 0 Å². The predicted octanol–water partition coefficient (Wildman–Crippen LogP) is 3.22. The topological polar surface area (TPSA) is 82.7 Å². The minimum absolute atomic E-state index is 0.350. The molecule has 0 aliphatic rings. The van der Waals surface area contributed by atoms with E-state index in [0.29, 0.717) is 11.3 Å². The highest BCUT2D eigenvalue weighted by molar-refractivity contribution is 6.03. The fraction of sp³-hybridized carbons (Fsp3) is 0.133. The van der Waals surface area contributed by atoms with Gasteiger partial charge in [-0.05, 0) is 49.2 Å². The standard InChI is InChI=1S/C15H15N5O/c1-9-5-6-11(8-10(9)2)17-15(21)18-14-13-12(19-20-14)4-3-7-16-13/h3-8H,1-2H3,(H3,17,18,19,20,21). The maximum Gasteiger partial charge on any atom is 0.324 e. The van der Waals surface area contributed by atoms with Gasteiger partial charge in [-0.15, -0.1) is 0 Å². The monoisotopic (exact) mass is 281 g/mol. The molecule has 6 nitrogen and oxygen atoms in total. The number of nitrogens with one attached hydrogen (secondary N) is 3. The Kier molecular flexibility index (Phi) is 3.27. The zero-order valence-electron chi connectivity index (χ0n) is 11.8. The molecule has 106 valence electrons. The van der Waals surface area contributed by atoms with Gasteiger partial charge in [0.25, 0.3) is 0 Å². The summed E-state index contributed by atoms with van der Waals surface area (Å²) < 4.78 is 0. The number of aromatic amines is 1. The summed E-state index contributed by atoms with van der Waals surface area (Å²) in [7, 11) is 0. The van der Waals surface area contributed by atoms with Crippen LogP contribution in [0.4, 0.5) is 16.3 Å². The third-order valence-corrected chi connectivity index (χ3v) is 3.32. The van der Waals surface area contributed by atoms with Crippen molar-refractivity contribution in [1.82, 2.24) is 15.2 Å². The van der Waals surface area contributed by atoms with Crippen LogP contribution >= 0.6 is 0 Å². The van der Waals surface area contributed by atoms with E-state index in [1.54, 1.807) is 12.3 Å². The number of pyridine rings is 1. The summed E-state index contributed by atoms with van der Waals surface area (Å²) in [6.07, 6.45) is 1.66. The maximum atomic E-state index is 12.0. The number of carbonyl (C=O) groups excluding carboxylic acids is 1. The number of nitrogens with zero attached hydrogens (tertiary/aromatic N) is 2. The van der Waals surface area contributed by atoms with E-state index in [4.69, 9.17) is 0 Å². The van der Waals surface area contributed by atoms with Crippen molar-refractivity contribution in [3.05, 3.63) is 47.7 Å². The van der Waals surface area contributed by atoms with Gasteiger partial charge >= 0.3 is 6.03 Å². The summed E-state index contributed by atoms with van der Waals surface area (Å²) in [6, 6.07) is 9.06. The molecule has 0 aliphatic carbocycles. The van der Waals surface area contributed by atoms with E-state index in [-0.39, 0.29) is 6.03 Å². The molecule has 3 aromatic rings. The molecule has 0 radical (unpaired) electrons. The quantitative estimate of drug-likeness (QED) is 0.674. The summed E-state index contributed by atoms with van der Waals surface area (Å²) in [4.78, 5) is 16.2. The number of fused-ring (bicyclic) bond motifs is 1. The highest BCUT2D eigenvalue weighted by atomic mass is 16.2. The number of urea groups is 1. The average Bonchev–Trinajstić information content (AvgIpc) is 2.86. The van der Waals surface area contributed by atoms with E-state index >= 15 is 0 Å². The smallest absolute Gasteiger partial charge is 0.308 e. The zero-order chi connectivity index (χ0) is 14.8. The highest BCUT2D eigenvalue weighted by Gasteiger charge is 2.10. The number of hydrogen-bond acceptors (Lipinski definition) is 3. The molecule has 2 heterocycles. The molecule has 3 N–H and O–H groups in total. The molecule has 0 bridgehead atoms. The highest BCUT2D eigenvalue weighted by Crippen LogP contribution is 2.18. The van der Waals surface area contributed by atoms with E-state index in [1.807, 2.05) is 38.1 Å². The normalized spacial score (nSPS) is 10.6. The second-order valence-corrected chi connectivity index (χ2v) is 4.85. The Hall–Kier alpha value is -2.89. The van der Waals surface area contributed by atoms with Crippen molar-refractivity contribution in [2.75, 3.05) is 10.6 Å². The molecule has 0 aliphatic heterocycles. The SMILES string of the molecule is Cc1ccc(NC(=O)Nc2n[nH]c3cccnc23)cc1C. The zero-order valence-corrected chi connectivity index (χ0v) is 11.8. The summed E-state index contributed by atoms with van der Waals surface area (Å²) in [6.45, 7) is 4.03. The Morgan fingerprint density at radius 2 is 2.00 bits per heavy atom. The Balaban J connectivity index is 1.75. The van der Waals surface area contributed by atoms with Crippen LogP contribution in [0, 0.1) is 13.8 Å². The molecular formula is C15H15N5O. The van der Waals surface area contributed by atoms with Crippen molar-refractivity contribution in [1.29, 1.82) is 0 Å². The van der Waals surface area contributed by atoms with Gasteiger partial charge in [-0.25, -0.2) is 4.79 Å². The largest absolute Gasteiger partial charge is 0.324 e. The second kappa shape index (κ2) is 5.24. The lowest BCUT2D eigenvalue weighted by Crippen LogP contribution is -2.20. The van der Waals surface area contributed by atoms with Crippen molar-refractivity contribution in [2.45, 2.75) is 13.8 Å². The average molecular weight is 281 g/mol. The van der Waals surface area contributed by atoms with Gasteiger partial charge in [0, 0.05) is 11.9 Å². The van der Waals surface area contributed by atoms with Crippen LogP contribution in [0.1, 0.15) is 11.1 Å². The molecule has 6 heteroatoms. The lowest BCUT2D eigenvalue weighted by atomic mass is 10.1. The summed E-state index contributed by atoms with van der Waals surface area (Å²) in [5.74, 6) is 0.409. The molecule has 3 rings (SSSR count). The van der Waals surface area contributed by atoms with Gasteiger partial charge in [-0.3, -0.25) is 15.4 Å². The number of rotatable bonds is 2. The van der Waals surface area contributed by atoms with E-state index in [9.17, 15) is 4.79 Å². The first-order chi connectivity index (χ1) is 10.1. The van der Waals surface area contributed by atoms with Crippen molar-refractivity contribution < 1.29 is 4.79 Å². The number of carbonyl (C=O) groups is 1. The molecule has 2 aromatic heterocycles. The van der Waals surface area contributed by atoms with E-state index in [1.165, 1.54) is 5.56 Å². The molecule has 0 saturated heterocycles. The summed E-state index contributed by atoms with van der Waals surface area (Å²) >= 11 is 0. The number of aromatic nitrogens is 3. The molecule has 0 atom stereocenters. The van der Waals surface area contributed by atoms with Gasteiger partial charge in [0.05, 0.1) is 5.52 Å². The molecule has 1 aromatic carbocycles. The van der Waals surface area contributed by atoms with Gasteiger partial charge < -0.3 is 5.32 Å².